The normalized spacial score (nSPS) is 11.9. The van der Waals surface area contributed by atoms with Crippen molar-refractivity contribution in [3.05, 3.63) is 52.5 Å². The number of carbonyl (C=O) groups is 2. The molecular formula is C16H11ClO6. The van der Waals surface area contributed by atoms with Crippen molar-refractivity contribution < 1.29 is 28.5 Å². The molecule has 0 saturated heterocycles. The summed E-state index contributed by atoms with van der Waals surface area (Å²) in [4.78, 5) is 23.9. The van der Waals surface area contributed by atoms with Crippen LogP contribution in [0.25, 0.3) is 0 Å². The van der Waals surface area contributed by atoms with Crippen LogP contribution in [0.4, 0.5) is 0 Å². The summed E-state index contributed by atoms with van der Waals surface area (Å²) in [5.41, 5.74) is 0.501. The average Bonchev–Trinajstić information content (AvgIpc) is 3.03. The van der Waals surface area contributed by atoms with E-state index in [4.69, 9.17) is 25.8 Å². The van der Waals surface area contributed by atoms with Crippen LogP contribution in [-0.4, -0.2) is 25.8 Å². The van der Waals surface area contributed by atoms with E-state index in [1.807, 2.05) is 0 Å². The fourth-order valence-electron chi connectivity index (χ4n) is 2.03. The van der Waals surface area contributed by atoms with Gasteiger partial charge in [0.25, 0.3) is 0 Å². The maximum absolute atomic E-state index is 12.2. The van der Waals surface area contributed by atoms with E-state index < -0.39 is 11.9 Å². The Balaban J connectivity index is 1.92. The summed E-state index contributed by atoms with van der Waals surface area (Å²) in [6.45, 7) is -0.0224. The topological polar surface area (TPSA) is 71.1 Å². The third-order valence-electron chi connectivity index (χ3n) is 3.14. The third kappa shape index (κ3) is 3.07. The van der Waals surface area contributed by atoms with Gasteiger partial charge in [-0.05, 0) is 36.4 Å². The second kappa shape index (κ2) is 6.18. The molecule has 118 valence electrons. The van der Waals surface area contributed by atoms with Crippen molar-refractivity contribution in [1.29, 1.82) is 0 Å². The molecule has 0 aromatic heterocycles. The zero-order valence-corrected chi connectivity index (χ0v) is 12.8. The Bertz CT molecular complexity index is 769. The molecule has 0 bridgehead atoms. The van der Waals surface area contributed by atoms with Crippen LogP contribution in [0.3, 0.4) is 0 Å². The molecule has 3 rings (SSSR count). The van der Waals surface area contributed by atoms with E-state index in [1.165, 1.54) is 31.4 Å². The smallest absolute Gasteiger partial charge is 0.343 e. The molecule has 7 heteroatoms. The van der Waals surface area contributed by atoms with Crippen molar-refractivity contribution in [2.24, 2.45) is 0 Å². The van der Waals surface area contributed by atoms with E-state index in [2.05, 4.69) is 4.74 Å². The van der Waals surface area contributed by atoms with Crippen LogP contribution in [0.5, 0.6) is 17.2 Å². The van der Waals surface area contributed by atoms with Gasteiger partial charge in [-0.25, -0.2) is 9.59 Å². The second-order valence-corrected chi connectivity index (χ2v) is 5.03. The number of hydrogen-bond donors (Lipinski definition) is 0. The van der Waals surface area contributed by atoms with Crippen LogP contribution >= 0.6 is 11.6 Å². The van der Waals surface area contributed by atoms with E-state index in [-0.39, 0.29) is 23.9 Å². The monoisotopic (exact) mass is 334 g/mol. The van der Waals surface area contributed by atoms with Crippen molar-refractivity contribution in [2.75, 3.05) is 13.9 Å². The number of hydrogen-bond acceptors (Lipinski definition) is 6. The molecule has 0 spiro atoms. The van der Waals surface area contributed by atoms with Gasteiger partial charge in [-0.2, -0.15) is 0 Å². The molecule has 6 nitrogen and oxygen atoms in total. The molecule has 1 heterocycles. The van der Waals surface area contributed by atoms with Gasteiger partial charge < -0.3 is 18.9 Å². The first kappa shape index (κ1) is 15.2. The highest BCUT2D eigenvalue weighted by Gasteiger charge is 2.25. The standard InChI is InChI=1S/C16H11ClO6/c1-20-15(18)10-6-12-14(22-8-21-12)13(7-10)23-16(19)9-2-4-11(17)5-3-9/h2-7H,8H2,1H3. The summed E-state index contributed by atoms with van der Waals surface area (Å²) < 4.78 is 20.5. The van der Waals surface area contributed by atoms with Gasteiger partial charge in [-0.1, -0.05) is 11.6 Å². The fraction of sp³-hybridized carbons (Fsp3) is 0.125. The minimum atomic E-state index is -0.610. The number of esters is 2. The van der Waals surface area contributed by atoms with Gasteiger partial charge in [0.1, 0.15) is 0 Å². The molecule has 0 aliphatic carbocycles. The molecule has 0 saturated carbocycles. The third-order valence-corrected chi connectivity index (χ3v) is 3.39. The minimum absolute atomic E-state index is 0.0224. The van der Waals surface area contributed by atoms with Gasteiger partial charge in [0.2, 0.25) is 12.5 Å². The van der Waals surface area contributed by atoms with Crippen molar-refractivity contribution >= 4 is 23.5 Å². The largest absolute Gasteiger partial charge is 0.465 e. The van der Waals surface area contributed by atoms with Crippen molar-refractivity contribution in [1.82, 2.24) is 0 Å². The quantitative estimate of drug-likeness (QED) is 0.634. The average molecular weight is 335 g/mol. The molecule has 0 fully saturated rings. The van der Waals surface area contributed by atoms with Gasteiger partial charge in [0.15, 0.2) is 11.5 Å². The van der Waals surface area contributed by atoms with E-state index >= 15 is 0 Å². The summed E-state index contributed by atoms with van der Waals surface area (Å²) >= 11 is 5.78. The predicted octanol–water partition coefficient (Wildman–Crippen LogP) is 3.07. The molecular weight excluding hydrogens is 324 g/mol. The summed E-state index contributed by atoms with van der Waals surface area (Å²) in [7, 11) is 1.26. The number of fused-ring (bicyclic) bond motifs is 1. The number of carbonyl (C=O) groups excluding carboxylic acids is 2. The van der Waals surface area contributed by atoms with Gasteiger partial charge in [0.05, 0.1) is 18.2 Å². The Hall–Kier alpha value is -2.73. The van der Waals surface area contributed by atoms with Crippen molar-refractivity contribution in [3.63, 3.8) is 0 Å². The van der Waals surface area contributed by atoms with Gasteiger partial charge >= 0.3 is 11.9 Å². The highest BCUT2D eigenvalue weighted by atomic mass is 35.5. The molecule has 2 aromatic carbocycles. The number of halogens is 1. The number of methoxy groups -OCH3 is 1. The van der Waals surface area contributed by atoms with E-state index in [9.17, 15) is 9.59 Å². The Labute approximate surface area is 136 Å². The van der Waals surface area contributed by atoms with Crippen molar-refractivity contribution in [3.8, 4) is 17.2 Å². The highest BCUT2D eigenvalue weighted by Crippen LogP contribution is 2.42. The van der Waals surface area contributed by atoms with Gasteiger partial charge in [0, 0.05) is 5.02 Å². The van der Waals surface area contributed by atoms with Crippen LogP contribution in [0.15, 0.2) is 36.4 Å². The maximum atomic E-state index is 12.2. The van der Waals surface area contributed by atoms with Crippen LogP contribution in [-0.2, 0) is 4.74 Å². The Morgan fingerprint density at radius 2 is 1.78 bits per heavy atom. The van der Waals surface area contributed by atoms with Gasteiger partial charge in [-0.3, -0.25) is 0 Å². The zero-order chi connectivity index (χ0) is 16.4. The molecule has 0 atom stereocenters. The van der Waals surface area contributed by atoms with Gasteiger partial charge in [-0.15, -0.1) is 0 Å². The first-order valence-corrected chi connectivity index (χ1v) is 6.96. The minimum Gasteiger partial charge on any atom is -0.465 e. The lowest BCUT2D eigenvalue weighted by Gasteiger charge is -2.09. The number of rotatable bonds is 3. The number of benzene rings is 2. The molecule has 0 unspecified atom stereocenters. The molecule has 0 amide bonds. The second-order valence-electron chi connectivity index (χ2n) is 4.60. The summed E-state index contributed by atoms with van der Waals surface area (Å²) in [6.07, 6.45) is 0. The molecule has 0 N–H and O–H groups in total. The lowest BCUT2D eigenvalue weighted by atomic mass is 10.2. The Morgan fingerprint density at radius 3 is 2.48 bits per heavy atom. The zero-order valence-electron chi connectivity index (χ0n) is 12.0. The maximum Gasteiger partial charge on any atom is 0.343 e. The lowest BCUT2D eigenvalue weighted by Crippen LogP contribution is -2.10. The summed E-state index contributed by atoms with van der Waals surface area (Å²) in [5.74, 6) is -0.527. The predicted molar refractivity (Wildman–Crippen MR) is 80.3 cm³/mol. The first-order chi connectivity index (χ1) is 11.1. The van der Waals surface area contributed by atoms with E-state index in [0.29, 0.717) is 16.3 Å². The van der Waals surface area contributed by atoms with Crippen LogP contribution in [0.1, 0.15) is 20.7 Å². The van der Waals surface area contributed by atoms with E-state index in [0.717, 1.165) is 0 Å². The first-order valence-electron chi connectivity index (χ1n) is 6.58. The lowest BCUT2D eigenvalue weighted by molar-refractivity contribution is 0.0597. The Kier molecular flexibility index (Phi) is 4.08. The highest BCUT2D eigenvalue weighted by molar-refractivity contribution is 6.30. The summed E-state index contributed by atoms with van der Waals surface area (Å²) in [5, 5.41) is 0.506. The molecule has 2 aromatic rings. The fourth-order valence-corrected chi connectivity index (χ4v) is 2.16. The SMILES string of the molecule is COC(=O)c1cc2c(c(OC(=O)c3ccc(Cl)cc3)c1)OCO2. The van der Waals surface area contributed by atoms with Crippen LogP contribution < -0.4 is 14.2 Å². The molecule has 23 heavy (non-hydrogen) atoms. The molecule has 0 radical (unpaired) electrons. The van der Waals surface area contributed by atoms with Crippen molar-refractivity contribution in [2.45, 2.75) is 0 Å². The summed E-state index contributed by atoms with van der Waals surface area (Å²) in [6, 6.07) is 9.06. The van der Waals surface area contributed by atoms with Crippen LogP contribution in [0, 0.1) is 0 Å². The Morgan fingerprint density at radius 1 is 1.04 bits per heavy atom. The molecule has 1 aliphatic heterocycles. The molecule has 1 aliphatic rings. The van der Waals surface area contributed by atoms with Crippen LogP contribution in [0.2, 0.25) is 5.02 Å². The van der Waals surface area contributed by atoms with E-state index in [1.54, 1.807) is 12.1 Å². The number of ether oxygens (including phenoxy) is 4.